The van der Waals surface area contributed by atoms with Crippen LogP contribution in [0.1, 0.15) is 6.92 Å². The van der Waals surface area contributed by atoms with E-state index in [4.69, 9.17) is 0 Å². The lowest BCUT2D eigenvalue weighted by Gasteiger charge is -1.96. The van der Waals surface area contributed by atoms with Crippen molar-refractivity contribution in [1.82, 2.24) is 15.0 Å². The van der Waals surface area contributed by atoms with E-state index < -0.39 is 5.69 Å². The molecule has 0 unspecified atom stereocenters. The van der Waals surface area contributed by atoms with Gasteiger partial charge >= 0.3 is 5.69 Å². The summed E-state index contributed by atoms with van der Waals surface area (Å²) in [7, 11) is 0. The highest BCUT2D eigenvalue weighted by molar-refractivity contribution is 5.86. The summed E-state index contributed by atoms with van der Waals surface area (Å²) in [4.78, 5) is 30.0. The van der Waals surface area contributed by atoms with Crippen LogP contribution in [0.15, 0.2) is 11.1 Å². The van der Waals surface area contributed by atoms with Crippen molar-refractivity contribution >= 4 is 11.9 Å². The summed E-state index contributed by atoms with van der Waals surface area (Å²) < 4.78 is 0. The number of hydrogen-bond acceptors (Lipinski definition) is 4. The number of nitrogens with one attached hydrogen (secondary N) is 2. The number of nitrogens with zero attached hydrogens (tertiary/aromatic N) is 2. The molecule has 0 saturated carbocycles. The second-order valence-electron chi connectivity index (χ2n) is 1.83. The van der Waals surface area contributed by atoms with E-state index in [1.54, 1.807) is 0 Å². The summed E-state index contributed by atoms with van der Waals surface area (Å²) in [6.07, 6.45) is 1.07. The van der Waals surface area contributed by atoms with E-state index in [0.717, 1.165) is 6.33 Å². The molecule has 0 aliphatic rings. The van der Waals surface area contributed by atoms with Gasteiger partial charge in [-0.05, 0) is 0 Å². The largest absolute Gasteiger partial charge is 0.349 e. The van der Waals surface area contributed by atoms with E-state index in [0.29, 0.717) is 0 Å². The molecule has 11 heavy (non-hydrogen) atoms. The number of rotatable bonds is 1. The fraction of sp³-hybridized carbons (Fsp3) is 0.200. The Bertz CT molecular complexity index is 318. The second kappa shape index (κ2) is 2.91. The molecule has 0 saturated heterocycles. The third-order valence-electron chi connectivity index (χ3n) is 0.882. The van der Waals surface area contributed by atoms with Gasteiger partial charge in [0.25, 0.3) is 0 Å². The van der Waals surface area contributed by atoms with Crippen molar-refractivity contribution in [3.8, 4) is 0 Å². The van der Waals surface area contributed by atoms with Crippen molar-refractivity contribution in [1.29, 1.82) is 0 Å². The van der Waals surface area contributed by atoms with Gasteiger partial charge in [-0.25, -0.2) is 9.78 Å². The second-order valence-corrected chi connectivity index (χ2v) is 1.83. The van der Waals surface area contributed by atoms with Gasteiger partial charge in [0.05, 0.1) is 0 Å². The van der Waals surface area contributed by atoms with Gasteiger partial charge in [0.2, 0.25) is 11.9 Å². The summed E-state index contributed by atoms with van der Waals surface area (Å²) in [5.41, 5.74) is -0.538. The Labute approximate surface area is 61.7 Å². The SMILES string of the molecule is CC(=O)Nc1ncnc(=O)[nH]1. The van der Waals surface area contributed by atoms with E-state index in [-0.39, 0.29) is 11.9 Å². The van der Waals surface area contributed by atoms with Crippen LogP contribution >= 0.6 is 0 Å². The lowest BCUT2D eigenvalue weighted by molar-refractivity contribution is -0.114. The Hall–Kier alpha value is -1.72. The van der Waals surface area contributed by atoms with Crippen molar-refractivity contribution in [2.45, 2.75) is 6.92 Å². The Kier molecular flexibility index (Phi) is 1.95. The summed E-state index contributed by atoms with van der Waals surface area (Å²) in [6, 6.07) is 0. The summed E-state index contributed by atoms with van der Waals surface area (Å²) in [6.45, 7) is 1.32. The highest BCUT2D eigenvalue weighted by Gasteiger charge is 1.95. The van der Waals surface area contributed by atoms with Crippen LogP contribution in [0, 0.1) is 0 Å². The first-order valence-corrected chi connectivity index (χ1v) is 2.87. The van der Waals surface area contributed by atoms with Crippen molar-refractivity contribution in [2.75, 3.05) is 5.32 Å². The fourth-order valence-corrected chi connectivity index (χ4v) is 0.535. The minimum absolute atomic E-state index is 0.109. The zero-order chi connectivity index (χ0) is 8.27. The molecule has 0 fully saturated rings. The van der Waals surface area contributed by atoms with E-state index in [2.05, 4.69) is 20.3 Å². The molecule has 1 amide bonds. The van der Waals surface area contributed by atoms with Gasteiger partial charge in [0.1, 0.15) is 6.33 Å². The summed E-state index contributed by atoms with van der Waals surface area (Å²) in [5.74, 6) is -0.183. The fourth-order valence-electron chi connectivity index (χ4n) is 0.535. The maximum absolute atomic E-state index is 10.5. The molecule has 0 bridgehead atoms. The summed E-state index contributed by atoms with van der Waals surface area (Å²) >= 11 is 0. The number of aromatic nitrogens is 3. The first-order valence-electron chi connectivity index (χ1n) is 2.87. The third-order valence-corrected chi connectivity index (χ3v) is 0.882. The van der Waals surface area contributed by atoms with Crippen LogP contribution in [0.3, 0.4) is 0 Å². The van der Waals surface area contributed by atoms with Crippen LogP contribution in [-0.4, -0.2) is 20.9 Å². The number of carbonyl (C=O) groups is 1. The Balaban J connectivity index is 2.88. The van der Waals surface area contributed by atoms with Crippen molar-refractivity contribution in [2.24, 2.45) is 0 Å². The van der Waals surface area contributed by atoms with Crippen LogP contribution in [0.4, 0.5) is 5.95 Å². The molecule has 0 radical (unpaired) electrons. The predicted molar refractivity (Wildman–Crippen MR) is 37.0 cm³/mol. The molecule has 1 heterocycles. The van der Waals surface area contributed by atoms with Gasteiger partial charge in [-0.1, -0.05) is 0 Å². The molecule has 0 aliphatic carbocycles. The van der Waals surface area contributed by atoms with E-state index in [9.17, 15) is 9.59 Å². The Morgan fingerprint density at radius 3 is 2.91 bits per heavy atom. The van der Waals surface area contributed by atoms with Crippen LogP contribution in [0.2, 0.25) is 0 Å². The molecule has 1 aromatic rings. The molecule has 1 rings (SSSR count). The number of amides is 1. The maximum atomic E-state index is 10.5. The smallest absolute Gasteiger partial charge is 0.296 e. The van der Waals surface area contributed by atoms with Gasteiger partial charge in [-0.2, -0.15) is 4.98 Å². The molecule has 58 valence electrons. The molecule has 2 N–H and O–H groups in total. The Morgan fingerprint density at radius 2 is 2.36 bits per heavy atom. The van der Waals surface area contributed by atoms with Crippen LogP contribution in [-0.2, 0) is 4.79 Å². The topological polar surface area (TPSA) is 87.7 Å². The normalized spacial score (nSPS) is 9.18. The highest BCUT2D eigenvalue weighted by Crippen LogP contribution is 1.87. The lowest BCUT2D eigenvalue weighted by atomic mass is 10.7. The van der Waals surface area contributed by atoms with Crippen molar-refractivity contribution < 1.29 is 4.79 Å². The number of hydrogen-bond donors (Lipinski definition) is 2. The maximum Gasteiger partial charge on any atom is 0.349 e. The van der Waals surface area contributed by atoms with Crippen LogP contribution < -0.4 is 11.0 Å². The zero-order valence-electron chi connectivity index (χ0n) is 5.79. The number of aromatic amines is 1. The van der Waals surface area contributed by atoms with Crippen molar-refractivity contribution in [3.63, 3.8) is 0 Å². The lowest BCUT2D eigenvalue weighted by Crippen LogP contribution is -2.16. The van der Waals surface area contributed by atoms with E-state index >= 15 is 0 Å². The van der Waals surface area contributed by atoms with Crippen molar-refractivity contribution in [3.05, 3.63) is 16.8 Å². The quantitative estimate of drug-likeness (QED) is 0.550. The molecule has 0 aromatic carbocycles. The van der Waals surface area contributed by atoms with Gasteiger partial charge in [0.15, 0.2) is 0 Å². The van der Waals surface area contributed by atoms with Gasteiger partial charge < -0.3 is 0 Å². The first-order chi connectivity index (χ1) is 5.18. The molecule has 0 aliphatic heterocycles. The molecular weight excluding hydrogens is 148 g/mol. The average Bonchev–Trinajstić information content (AvgIpc) is 1.85. The van der Waals surface area contributed by atoms with Gasteiger partial charge in [-0.3, -0.25) is 15.1 Å². The predicted octanol–water partition coefficient (Wildman–Crippen LogP) is -0.877. The zero-order valence-corrected chi connectivity index (χ0v) is 5.79. The monoisotopic (exact) mass is 154 g/mol. The highest BCUT2D eigenvalue weighted by atomic mass is 16.2. The Morgan fingerprint density at radius 1 is 1.64 bits per heavy atom. The molecule has 0 spiro atoms. The van der Waals surface area contributed by atoms with Gasteiger partial charge in [0, 0.05) is 6.92 Å². The summed E-state index contributed by atoms with van der Waals surface area (Å²) in [5, 5.41) is 2.30. The number of anilines is 1. The van der Waals surface area contributed by atoms with Crippen LogP contribution in [0.5, 0.6) is 0 Å². The standard InChI is InChI=1S/C5H6N4O2/c1-3(10)8-4-6-2-7-5(11)9-4/h2H,1H3,(H2,6,7,8,9,10,11). The number of carbonyl (C=O) groups excluding carboxylic acids is 1. The van der Waals surface area contributed by atoms with E-state index in [1.807, 2.05) is 0 Å². The third kappa shape index (κ3) is 2.17. The molecule has 0 atom stereocenters. The molecular formula is C5H6N4O2. The minimum Gasteiger partial charge on any atom is -0.296 e. The van der Waals surface area contributed by atoms with Crippen LogP contribution in [0.25, 0.3) is 0 Å². The minimum atomic E-state index is -0.538. The average molecular weight is 154 g/mol. The van der Waals surface area contributed by atoms with E-state index in [1.165, 1.54) is 6.92 Å². The molecule has 6 heteroatoms. The molecule has 1 aromatic heterocycles. The van der Waals surface area contributed by atoms with Gasteiger partial charge in [-0.15, -0.1) is 0 Å². The number of H-pyrrole nitrogens is 1. The molecule has 6 nitrogen and oxygen atoms in total. The first kappa shape index (κ1) is 7.39.